The summed E-state index contributed by atoms with van der Waals surface area (Å²) in [4.78, 5) is 12.3. The number of alkyl halides is 1. The van der Waals surface area contributed by atoms with Crippen LogP contribution in [-0.2, 0) is 15.1 Å². The predicted octanol–water partition coefficient (Wildman–Crippen LogP) is 4.01. The number of aliphatic hydroxyl groups excluding tert-OH is 1. The molecule has 3 aromatic carbocycles. The van der Waals surface area contributed by atoms with E-state index in [0.29, 0.717) is 11.2 Å². The van der Waals surface area contributed by atoms with Gasteiger partial charge < -0.3 is 20.3 Å². The number of hydrogen-bond donors (Lipinski definition) is 2. The van der Waals surface area contributed by atoms with Gasteiger partial charge in [0.2, 0.25) is 0 Å². The molecule has 6 rings (SSSR count). The minimum absolute atomic E-state index is 0.0828. The number of imidazole rings is 1. The summed E-state index contributed by atoms with van der Waals surface area (Å²) < 4.78 is 29.7. The maximum atomic E-state index is 15.5. The molecule has 0 unspecified atom stereocenters. The number of nitrogen functional groups attached to an aromatic ring is 1. The highest BCUT2D eigenvalue weighted by Crippen LogP contribution is 2.42. The molecule has 0 radical (unpaired) electrons. The smallest absolute Gasteiger partial charge is 0.173 e. The van der Waals surface area contributed by atoms with Gasteiger partial charge in [-0.25, -0.2) is 19.3 Å². The number of anilines is 1. The number of aromatic nitrogens is 4. The molecule has 0 bridgehead atoms. The van der Waals surface area contributed by atoms with Crippen LogP contribution in [0, 0.1) is 0 Å². The Morgan fingerprint density at radius 2 is 1.42 bits per heavy atom. The van der Waals surface area contributed by atoms with Crippen molar-refractivity contribution in [1.82, 2.24) is 19.5 Å². The molecule has 2 aromatic heterocycles. The van der Waals surface area contributed by atoms with Gasteiger partial charge in [0.15, 0.2) is 23.9 Å². The number of benzene rings is 3. The molecule has 1 fully saturated rings. The van der Waals surface area contributed by atoms with Gasteiger partial charge in [0.25, 0.3) is 0 Å². The second kappa shape index (κ2) is 9.94. The van der Waals surface area contributed by atoms with E-state index < -0.39 is 30.2 Å². The van der Waals surface area contributed by atoms with Crippen LogP contribution in [0.1, 0.15) is 22.9 Å². The quantitative estimate of drug-likeness (QED) is 0.318. The molecule has 5 aromatic rings. The number of nitrogens with zero attached hydrogens (tertiary/aromatic N) is 4. The van der Waals surface area contributed by atoms with Crippen molar-refractivity contribution in [2.75, 3.05) is 12.3 Å². The van der Waals surface area contributed by atoms with Crippen LogP contribution in [0.4, 0.5) is 10.2 Å². The molecule has 3 heterocycles. The van der Waals surface area contributed by atoms with Crippen LogP contribution in [0.25, 0.3) is 11.2 Å². The first-order chi connectivity index (χ1) is 18.6. The molecule has 0 saturated carbocycles. The highest BCUT2D eigenvalue weighted by molar-refractivity contribution is 5.81. The molecule has 0 spiro atoms. The van der Waals surface area contributed by atoms with Crippen molar-refractivity contribution in [1.29, 1.82) is 0 Å². The lowest BCUT2D eigenvalue weighted by Crippen LogP contribution is -2.39. The van der Waals surface area contributed by atoms with E-state index in [1.807, 2.05) is 91.0 Å². The predicted molar refractivity (Wildman–Crippen MR) is 140 cm³/mol. The van der Waals surface area contributed by atoms with Crippen LogP contribution in [0.5, 0.6) is 0 Å². The Kier molecular flexibility index (Phi) is 6.32. The summed E-state index contributed by atoms with van der Waals surface area (Å²) in [7, 11) is 0. The van der Waals surface area contributed by atoms with Crippen molar-refractivity contribution in [3.05, 3.63) is 120 Å². The van der Waals surface area contributed by atoms with E-state index in [1.54, 1.807) is 0 Å². The Hall–Kier alpha value is -4.18. The maximum absolute atomic E-state index is 15.5. The van der Waals surface area contributed by atoms with Crippen molar-refractivity contribution in [3.8, 4) is 0 Å². The maximum Gasteiger partial charge on any atom is 0.173 e. The van der Waals surface area contributed by atoms with E-state index in [4.69, 9.17) is 15.2 Å². The Labute approximate surface area is 218 Å². The Morgan fingerprint density at radius 1 is 0.868 bits per heavy atom. The lowest BCUT2D eigenvalue weighted by Gasteiger charge is -2.37. The normalized spacial score (nSPS) is 21.6. The Balaban J connectivity index is 1.36. The van der Waals surface area contributed by atoms with Crippen LogP contribution >= 0.6 is 0 Å². The molecule has 4 atom stereocenters. The average Bonchev–Trinajstić information content (AvgIpc) is 3.52. The standard InChI is InChI=1S/C29H26FN5O3/c30-23-25(36)22(38-28(23)35-18-34-24-26(31)32-17-33-27(24)35)16-37-29(19-10-4-1-5-11-19,20-12-6-2-7-13-20)21-14-8-3-9-15-21/h1-15,17-18,22-23,25,28,36H,16H2,(H2,31,32,33)/t22-,23-,25-,28-/m1/s1. The molecule has 38 heavy (non-hydrogen) atoms. The number of rotatable bonds is 7. The van der Waals surface area contributed by atoms with Gasteiger partial charge in [0.1, 0.15) is 29.7 Å². The van der Waals surface area contributed by atoms with Gasteiger partial charge in [-0.2, -0.15) is 0 Å². The molecule has 1 aliphatic rings. The average molecular weight is 512 g/mol. The van der Waals surface area contributed by atoms with Crippen LogP contribution < -0.4 is 5.73 Å². The van der Waals surface area contributed by atoms with Gasteiger partial charge in [-0.1, -0.05) is 91.0 Å². The summed E-state index contributed by atoms with van der Waals surface area (Å²) in [5.74, 6) is 0.181. The van der Waals surface area contributed by atoms with Crippen LogP contribution in [0.15, 0.2) is 104 Å². The van der Waals surface area contributed by atoms with E-state index in [9.17, 15) is 5.11 Å². The largest absolute Gasteiger partial charge is 0.387 e. The fourth-order valence-corrected chi connectivity index (χ4v) is 5.10. The summed E-state index contributed by atoms with van der Waals surface area (Å²) in [6.07, 6.45) is -2.61. The Morgan fingerprint density at radius 3 is 1.97 bits per heavy atom. The van der Waals surface area contributed by atoms with Crippen molar-refractivity contribution in [3.63, 3.8) is 0 Å². The first kappa shape index (κ1) is 24.2. The van der Waals surface area contributed by atoms with E-state index >= 15 is 4.39 Å². The first-order valence-electron chi connectivity index (χ1n) is 12.3. The van der Waals surface area contributed by atoms with Gasteiger partial charge in [-0.15, -0.1) is 0 Å². The minimum atomic E-state index is -1.74. The lowest BCUT2D eigenvalue weighted by molar-refractivity contribution is -0.0935. The SMILES string of the molecule is Nc1ncnc2c1ncn2[C@@H]1O[C@H](COC(c2ccccc2)(c2ccccc2)c2ccccc2)[C@@H](O)[C@H]1F. The van der Waals surface area contributed by atoms with E-state index in [0.717, 1.165) is 16.7 Å². The minimum Gasteiger partial charge on any atom is -0.387 e. The van der Waals surface area contributed by atoms with Gasteiger partial charge in [0.05, 0.1) is 12.9 Å². The molecule has 3 N–H and O–H groups in total. The van der Waals surface area contributed by atoms with Crippen LogP contribution in [-0.4, -0.2) is 49.6 Å². The van der Waals surface area contributed by atoms with Gasteiger partial charge in [0, 0.05) is 0 Å². The van der Waals surface area contributed by atoms with Gasteiger partial charge in [-0.3, -0.25) is 4.57 Å². The second-order valence-corrected chi connectivity index (χ2v) is 9.17. The summed E-state index contributed by atoms with van der Waals surface area (Å²) in [5, 5.41) is 10.9. The summed E-state index contributed by atoms with van der Waals surface area (Å²) in [6, 6.07) is 29.5. The molecule has 1 saturated heterocycles. The fourth-order valence-electron chi connectivity index (χ4n) is 5.10. The topological polar surface area (TPSA) is 108 Å². The third-order valence-electron chi connectivity index (χ3n) is 6.96. The lowest BCUT2D eigenvalue weighted by atomic mass is 9.80. The molecule has 1 aliphatic heterocycles. The number of hydrogen-bond acceptors (Lipinski definition) is 7. The van der Waals surface area contributed by atoms with Crippen LogP contribution in [0.2, 0.25) is 0 Å². The van der Waals surface area contributed by atoms with Crippen molar-refractivity contribution in [2.45, 2.75) is 30.2 Å². The van der Waals surface area contributed by atoms with Crippen molar-refractivity contribution < 1.29 is 19.0 Å². The first-order valence-corrected chi connectivity index (χ1v) is 12.3. The molecule has 8 nitrogen and oxygen atoms in total. The zero-order valence-electron chi connectivity index (χ0n) is 20.3. The third-order valence-corrected chi connectivity index (χ3v) is 6.96. The highest BCUT2D eigenvalue weighted by atomic mass is 19.1. The zero-order chi connectivity index (χ0) is 26.1. The molecular formula is C29H26FN5O3. The number of nitrogens with two attached hydrogens (primary N) is 1. The van der Waals surface area contributed by atoms with Gasteiger partial charge in [-0.05, 0) is 16.7 Å². The molecule has 0 aliphatic carbocycles. The van der Waals surface area contributed by atoms with E-state index in [1.165, 1.54) is 17.2 Å². The van der Waals surface area contributed by atoms with Crippen LogP contribution in [0.3, 0.4) is 0 Å². The second-order valence-electron chi connectivity index (χ2n) is 9.17. The van der Waals surface area contributed by atoms with E-state index in [-0.39, 0.29) is 12.4 Å². The summed E-state index contributed by atoms with van der Waals surface area (Å²) in [5.41, 5.74) is 8.21. The monoisotopic (exact) mass is 511 g/mol. The summed E-state index contributed by atoms with van der Waals surface area (Å²) in [6.45, 7) is -0.0828. The number of halogens is 1. The molecule has 9 heteroatoms. The fraction of sp³-hybridized carbons (Fsp3) is 0.207. The molecule has 0 amide bonds. The number of ether oxygens (including phenoxy) is 2. The Bertz CT molecular complexity index is 1420. The highest BCUT2D eigenvalue weighted by Gasteiger charge is 2.48. The van der Waals surface area contributed by atoms with Gasteiger partial charge >= 0.3 is 0 Å². The summed E-state index contributed by atoms with van der Waals surface area (Å²) >= 11 is 0. The van der Waals surface area contributed by atoms with E-state index in [2.05, 4.69) is 15.0 Å². The van der Waals surface area contributed by atoms with Crippen molar-refractivity contribution in [2.24, 2.45) is 0 Å². The third kappa shape index (κ3) is 4.01. The number of fused-ring (bicyclic) bond motifs is 1. The van der Waals surface area contributed by atoms with Crippen molar-refractivity contribution >= 4 is 17.0 Å². The molecule has 192 valence electrons. The molecular weight excluding hydrogens is 485 g/mol. The number of aliphatic hydroxyl groups is 1. The zero-order valence-corrected chi connectivity index (χ0v) is 20.3.